The molecular formula is C23H19Cl2F3N6O3. The van der Waals surface area contributed by atoms with Gasteiger partial charge in [0, 0.05) is 12.1 Å². The maximum absolute atomic E-state index is 13.3. The van der Waals surface area contributed by atoms with Crippen LogP contribution in [-0.2, 0) is 6.18 Å². The zero-order valence-corrected chi connectivity index (χ0v) is 20.6. The standard InChI is InChI=1S/C23H19Cl2F3N6O3/c1-3-8-33(22(35)36)18-11-34(32-20(18)13-4-6-15(24)16(25)9-13)21(30-12-29)31-17-10-14(23(26,27)28)5-7-19(17)37-2/h3-7,9-10,18H,1,8,11H2,2H3,(H,30,31)(H,35,36). The summed E-state index contributed by atoms with van der Waals surface area (Å²) in [5.74, 6) is -0.252. The second-order valence-electron chi connectivity index (χ2n) is 7.49. The molecule has 9 nitrogen and oxygen atoms in total. The van der Waals surface area contributed by atoms with Crippen LogP contribution in [0.1, 0.15) is 11.1 Å². The molecular weight excluding hydrogens is 536 g/mol. The van der Waals surface area contributed by atoms with E-state index in [1.54, 1.807) is 12.3 Å². The largest absolute Gasteiger partial charge is 0.494 e. The lowest BCUT2D eigenvalue weighted by Gasteiger charge is -2.26. The third-order valence-corrected chi connectivity index (χ3v) is 5.94. The number of guanidine groups is 1. The van der Waals surface area contributed by atoms with Gasteiger partial charge in [-0.2, -0.15) is 23.5 Å². The fourth-order valence-electron chi connectivity index (χ4n) is 3.52. The lowest BCUT2D eigenvalue weighted by Crippen LogP contribution is -2.47. The van der Waals surface area contributed by atoms with Gasteiger partial charge < -0.3 is 9.84 Å². The van der Waals surface area contributed by atoms with E-state index >= 15 is 0 Å². The van der Waals surface area contributed by atoms with Crippen LogP contribution in [0.4, 0.5) is 23.7 Å². The molecule has 37 heavy (non-hydrogen) atoms. The third kappa shape index (κ3) is 6.25. The molecule has 0 aliphatic carbocycles. The first kappa shape index (κ1) is 27.6. The molecule has 194 valence electrons. The second-order valence-corrected chi connectivity index (χ2v) is 8.31. The van der Waals surface area contributed by atoms with Crippen molar-refractivity contribution in [3.05, 3.63) is 70.2 Å². The van der Waals surface area contributed by atoms with E-state index in [0.29, 0.717) is 5.56 Å². The van der Waals surface area contributed by atoms with Crippen molar-refractivity contribution < 1.29 is 27.8 Å². The van der Waals surface area contributed by atoms with Crippen LogP contribution in [0.15, 0.2) is 59.1 Å². The molecule has 2 N–H and O–H groups in total. The minimum absolute atomic E-state index is 0.00786. The van der Waals surface area contributed by atoms with Gasteiger partial charge in [0.2, 0.25) is 5.96 Å². The van der Waals surface area contributed by atoms with Gasteiger partial charge in [0.25, 0.3) is 0 Å². The third-order valence-electron chi connectivity index (χ3n) is 5.20. The highest BCUT2D eigenvalue weighted by Crippen LogP contribution is 2.36. The van der Waals surface area contributed by atoms with Crippen LogP contribution < -0.4 is 10.1 Å². The van der Waals surface area contributed by atoms with Gasteiger partial charge in [0.15, 0.2) is 6.19 Å². The van der Waals surface area contributed by atoms with Crippen molar-refractivity contribution in [2.45, 2.75) is 12.2 Å². The number of carboxylic acid groups (broad SMARTS) is 1. The molecule has 2 aromatic carbocycles. The van der Waals surface area contributed by atoms with Gasteiger partial charge >= 0.3 is 12.3 Å². The van der Waals surface area contributed by atoms with Crippen molar-refractivity contribution in [2.24, 2.45) is 10.1 Å². The van der Waals surface area contributed by atoms with Gasteiger partial charge in [0.05, 0.1) is 41.0 Å². The van der Waals surface area contributed by atoms with E-state index in [0.717, 1.165) is 23.1 Å². The minimum Gasteiger partial charge on any atom is -0.494 e. The summed E-state index contributed by atoms with van der Waals surface area (Å²) in [6.07, 6.45) is -2.86. The van der Waals surface area contributed by atoms with Crippen LogP contribution in [0.5, 0.6) is 5.75 Å². The van der Waals surface area contributed by atoms with Gasteiger partial charge in [-0.05, 0) is 30.3 Å². The maximum atomic E-state index is 13.3. The molecule has 1 aliphatic heterocycles. The normalized spacial score (nSPS) is 15.6. The van der Waals surface area contributed by atoms with Crippen LogP contribution in [0.3, 0.4) is 0 Å². The summed E-state index contributed by atoms with van der Waals surface area (Å²) >= 11 is 12.2. The quantitative estimate of drug-likeness (QED) is 0.164. The fraction of sp³-hybridized carbons (Fsp3) is 0.217. The summed E-state index contributed by atoms with van der Waals surface area (Å²) in [5.41, 5.74) is -0.534. The van der Waals surface area contributed by atoms with Gasteiger partial charge in [-0.3, -0.25) is 10.2 Å². The number of ether oxygens (including phenoxy) is 1. The first-order chi connectivity index (χ1) is 17.5. The van der Waals surface area contributed by atoms with Crippen LogP contribution in [-0.4, -0.2) is 59.0 Å². The number of methoxy groups -OCH3 is 1. The maximum Gasteiger partial charge on any atom is 0.416 e. The zero-order valence-electron chi connectivity index (χ0n) is 19.1. The Kier molecular flexibility index (Phi) is 8.52. The predicted molar refractivity (Wildman–Crippen MR) is 132 cm³/mol. The summed E-state index contributed by atoms with van der Waals surface area (Å²) < 4.78 is 45.0. The second kappa shape index (κ2) is 11.4. The van der Waals surface area contributed by atoms with E-state index < -0.39 is 23.9 Å². The first-order valence-electron chi connectivity index (χ1n) is 10.4. The summed E-state index contributed by atoms with van der Waals surface area (Å²) in [6, 6.07) is 6.40. The van der Waals surface area contributed by atoms with Crippen LogP contribution >= 0.6 is 23.2 Å². The van der Waals surface area contributed by atoms with Crippen molar-refractivity contribution >= 4 is 46.7 Å². The molecule has 1 amide bonds. The number of hydrogen-bond acceptors (Lipinski definition) is 5. The number of rotatable bonds is 6. The molecule has 0 radical (unpaired) electrons. The van der Waals surface area contributed by atoms with Crippen molar-refractivity contribution in [3.63, 3.8) is 0 Å². The Morgan fingerprint density at radius 1 is 1.38 bits per heavy atom. The molecule has 1 unspecified atom stereocenters. The topological polar surface area (TPSA) is 114 Å². The van der Waals surface area contributed by atoms with Gasteiger partial charge in [-0.25, -0.2) is 14.8 Å². The molecule has 1 atom stereocenters. The summed E-state index contributed by atoms with van der Waals surface area (Å²) in [7, 11) is 1.26. The highest BCUT2D eigenvalue weighted by Gasteiger charge is 2.37. The smallest absolute Gasteiger partial charge is 0.416 e. The van der Waals surface area contributed by atoms with Crippen molar-refractivity contribution in [2.75, 3.05) is 20.2 Å². The summed E-state index contributed by atoms with van der Waals surface area (Å²) in [4.78, 5) is 17.2. The fourth-order valence-corrected chi connectivity index (χ4v) is 3.82. The molecule has 0 bridgehead atoms. The van der Waals surface area contributed by atoms with E-state index in [1.807, 2.05) is 0 Å². The van der Waals surface area contributed by atoms with Crippen molar-refractivity contribution in [3.8, 4) is 11.9 Å². The average Bonchev–Trinajstić information content (AvgIpc) is 3.28. The Morgan fingerprint density at radius 3 is 2.68 bits per heavy atom. The number of nitrogens with one attached hydrogen (secondary N) is 1. The predicted octanol–water partition coefficient (Wildman–Crippen LogP) is 5.33. The van der Waals surface area contributed by atoms with Gasteiger partial charge in [0.1, 0.15) is 11.4 Å². The molecule has 0 saturated carbocycles. The lowest BCUT2D eigenvalue weighted by atomic mass is 10.0. The van der Waals surface area contributed by atoms with Crippen LogP contribution in [0.25, 0.3) is 0 Å². The lowest BCUT2D eigenvalue weighted by molar-refractivity contribution is -0.137. The Morgan fingerprint density at radius 2 is 2.11 bits per heavy atom. The van der Waals surface area contributed by atoms with E-state index in [2.05, 4.69) is 22.0 Å². The minimum atomic E-state index is -4.65. The van der Waals surface area contributed by atoms with E-state index in [4.69, 9.17) is 27.9 Å². The average molecular weight is 555 g/mol. The van der Waals surface area contributed by atoms with E-state index in [-0.39, 0.29) is 46.2 Å². The molecule has 0 fully saturated rings. The molecule has 3 rings (SSSR count). The number of amides is 1. The number of alkyl halides is 3. The number of aliphatic imine (C=N–C) groups is 1. The molecule has 1 aliphatic rings. The number of nitrogens with zero attached hydrogens (tertiary/aromatic N) is 5. The Balaban J connectivity index is 2.15. The molecule has 0 saturated heterocycles. The van der Waals surface area contributed by atoms with E-state index in [1.165, 1.54) is 30.3 Å². The number of nitriles is 1. The monoisotopic (exact) mass is 554 g/mol. The van der Waals surface area contributed by atoms with Gasteiger partial charge in [-0.15, -0.1) is 6.58 Å². The molecule has 1 heterocycles. The first-order valence-corrected chi connectivity index (χ1v) is 11.2. The number of hydrogen-bond donors (Lipinski definition) is 2. The SMILES string of the molecule is C=CCN(C(=O)O)C1CN(C(=Nc2cc(C(F)(F)F)ccc2OC)NC#N)N=C1c1ccc(Cl)c(Cl)c1. The van der Waals surface area contributed by atoms with Crippen LogP contribution in [0.2, 0.25) is 10.0 Å². The number of benzene rings is 2. The molecule has 0 spiro atoms. The molecule has 14 heteroatoms. The summed E-state index contributed by atoms with van der Waals surface area (Å²) in [6.45, 7) is 3.39. The Bertz CT molecular complexity index is 1310. The van der Waals surface area contributed by atoms with Crippen LogP contribution in [0, 0.1) is 11.5 Å². The van der Waals surface area contributed by atoms with Crippen molar-refractivity contribution in [1.29, 1.82) is 5.26 Å². The molecule has 2 aromatic rings. The van der Waals surface area contributed by atoms with E-state index in [9.17, 15) is 28.3 Å². The Hall–Kier alpha value is -3.95. The Labute approximate surface area is 219 Å². The highest BCUT2D eigenvalue weighted by atomic mass is 35.5. The van der Waals surface area contributed by atoms with Crippen molar-refractivity contribution in [1.82, 2.24) is 15.2 Å². The molecule has 0 aromatic heterocycles. The summed E-state index contributed by atoms with van der Waals surface area (Å²) in [5, 5.41) is 27.5. The zero-order chi connectivity index (χ0) is 27.3. The number of halogens is 5. The van der Waals surface area contributed by atoms with Gasteiger partial charge in [-0.1, -0.05) is 35.3 Å². The number of carbonyl (C=O) groups is 1. The number of hydrazone groups is 1. The highest BCUT2D eigenvalue weighted by molar-refractivity contribution is 6.42.